The molecular weight excluding hydrogens is 234 g/mol. The number of hydrogen-bond acceptors (Lipinski definition) is 4. The van der Waals surface area contributed by atoms with E-state index in [1.165, 1.54) is 0 Å². The second-order valence-corrected chi connectivity index (χ2v) is 5.35. The van der Waals surface area contributed by atoms with E-state index in [0.717, 1.165) is 11.4 Å². The summed E-state index contributed by atoms with van der Waals surface area (Å²) in [6, 6.07) is -0.413. The largest absolute Gasteiger partial charge is 0.354 e. The van der Waals surface area contributed by atoms with Crippen LogP contribution in [0.3, 0.4) is 0 Å². The molecule has 3 N–H and O–H groups in total. The number of aromatic nitrogens is 1. The Bertz CT molecular complexity index is 340. The molecule has 0 aliphatic carbocycles. The van der Waals surface area contributed by atoms with E-state index in [2.05, 4.69) is 10.3 Å². The molecule has 0 bridgehead atoms. The number of nitrogens with one attached hydrogen (secondary N) is 1. The maximum Gasteiger partial charge on any atom is 0.237 e. The first-order valence-corrected chi connectivity index (χ1v) is 6.86. The van der Waals surface area contributed by atoms with Crippen LogP contribution in [0.25, 0.3) is 0 Å². The summed E-state index contributed by atoms with van der Waals surface area (Å²) in [5, 5.41) is 5.88. The molecule has 1 unspecified atom stereocenters. The molecule has 96 valence electrons. The van der Waals surface area contributed by atoms with Crippen LogP contribution in [0.4, 0.5) is 0 Å². The van der Waals surface area contributed by atoms with Crippen molar-refractivity contribution < 1.29 is 4.79 Å². The van der Waals surface area contributed by atoms with Crippen LogP contribution in [0.5, 0.6) is 0 Å². The van der Waals surface area contributed by atoms with Crippen LogP contribution in [-0.2, 0) is 4.79 Å². The zero-order chi connectivity index (χ0) is 12.8. The molecule has 3 atom stereocenters. The Morgan fingerprint density at radius 3 is 2.82 bits per heavy atom. The smallest absolute Gasteiger partial charge is 0.237 e. The topological polar surface area (TPSA) is 68.0 Å². The molecule has 5 heteroatoms. The van der Waals surface area contributed by atoms with Crippen LogP contribution in [0, 0.1) is 5.92 Å². The number of nitrogens with two attached hydrogens (primary N) is 1. The van der Waals surface area contributed by atoms with Gasteiger partial charge in [0.2, 0.25) is 5.91 Å². The van der Waals surface area contributed by atoms with Gasteiger partial charge in [-0.15, -0.1) is 11.3 Å². The van der Waals surface area contributed by atoms with Crippen molar-refractivity contribution in [2.75, 3.05) is 6.54 Å². The lowest BCUT2D eigenvalue weighted by Crippen LogP contribution is -2.45. The number of thiazole rings is 1. The maximum atomic E-state index is 11.8. The third-order valence-electron chi connectivity index (χ3n) is 3.02. The first-order valence-electron chi connectivity index (χ1n) is 5.98. The summed E-state index contributed by atoms with van der Waals surface area (Å²) < 4.78 is 0. The van der Waals surface area contributed by atoms with Crippen molar-refractivity contribution in [3.63, 3.8) is 0 Å². The lowest BCUT2D eigenvalue weighted by Gasteiger charge is -2.18. The first kappa shape index (κ1) is 14.1. The van der Waals surface area contributed by atoms with Crippen LogP contribution < -0.4 is 11.1 Å². The van der Waals surface area contributed by atoms with E-state index in [1.54, 1.807) is 17.5 Å². The van der Waals surface area contributed by atoms with Crippen molar-refractivity contribution in [2.24, 2.45) is 11.7 Å². The van der Waals surface area contributed by atoms with Gasteiger partial charge in [-0.2, -0.15) is 0 Å². The van der Waals surface area contributed by atoms with Crippen molar-refractivity contribution in [3.05, 3.63) is 16.6 Å². The number of carbonyl (C=O) groups excluding carboxylic acids is 1. The average Bonchev–Trinajstić information content (AvgIpc) is 2.87. The molecule has 0 fully saturated rings. The Balaban J connectivity index is 2.38. The van der Waals surface area contributed by atoms with Crippen molar-refractivity contribution in [1.29, 1.82) is 0 Å². The zero-order valence-corrected chi connectivity index (χ0v) is 11.5. The molecule has 0 radical (unpaired) electrons. The van der Waals surface area contributed by atoms with Crippen LogP contribution in [-0.4, -0.2) is 23.5 Å². The Kier molecular flexibility index (Phi) is 5.58. The quantitative estimate of drug-likeness (QED) is 0.813. The van der Waals surface area contributed by atoms with E-state index in [1.807, 2.05) is 26.2 Å². The summed E-state index contributed by atoms with van der Waals surface area (Å²) in [6.45, 7) is 6.68. The average molecular weight is 255 g/mol. The Morgan fingerprint density at radius 1 is 1.59 bits per heavy atom. The molecule has 0 spiro atoms. The second-order valence-electron chi connectivity index (χ2n) is 4.43. The number of carbonyl (C=O) groups is 1. The van der Waals surface area contributed by atoms with Gasteiger partial charge in [-0.05, 0) is 5.92 Å². The molecule has 0 aromatic carbocycles. The van der Waals surface area contributed by atoms with E-state index in [4.69, 9.17) is 5.73 Å². The number of rotatable bonds is 6. The Hall–Kier alpha value is -0.940. The highest BCUT2D eigenvalue weighted by Crippen LogP contribution is 2.16. The molecule has 1 amide bonds. The Morgan fingerprint density at radius 2 is 2.29 bits per heavy atom. The maximum absolute atomic E-state index is 11.8. The lowest BCUT2D eigenvalue weighted by atomic mass is 9.99. The summed E-state index contributed by atoms with van der Waals surface area (Å²) in [7, 11) is 0. The fourth-order valence-corrected chi connectivity index (χ4v) is 2.15. The van der Waals surface area contributed by atoms with E-state index >= 15 is 0 Å². The van der Waals surface area contributed by atoms with Gasteiger partial charge in [-0.25, -0.2) is 4.98 Å². The number of hydrogen-bond donors (Lipinski definition) is 2. The van der Waals surface area contributed by atoms with Gasteiger partial charge >= 0.3 is 0 Å². The molecule has 0 aliphatic rings. The number of amides is 1. The van der Waals surface area contributed by atoms with Crippen molar-refractivity contribution >= 4 is 17.2 Å². The van der Waals surface area contributed by atoms with Crippen LogP contribution in [0.1, 0.15) is 38.1 Å². The van der Waals surface area contributed by atoms with Crippen molar-refractivity contribution in [3.8, 4) is 0 Å². The van der Waals surface area contributed by atoms with Gasteiger partial charge in [0, 0.05) is 24.0 Å². The van der Waals surface area contributed by atoms with Crippen molar-refractivity contribution in [1.82, 2.24) is 10.3 Å². The van der Waals surface area contributed by atoms with Gasteiger partial charge in [0.05, 0.1) is 11.0 Å². The van der Waals surface area contributed by atoms with Crippen LogP contribution in [0.15, 0.2) is 11.6 Å². The van der Waals surface area contributed by atoms with Crippen LogP contribution in [0.2, 0.25) is 0 Å². The molecule has 0 aliphatic heterocycles. The minimum atomic E-state index is -0.413. The van der Waals surface area contributed by atoms with Gasteiger partial charge in [0.25, 0.3) is 0 Å². The van der Waals surface area contributed by atoms with E-state index in [0.29, 0.717) is 6.54 Å². The third-order valence-corrected chi connectivity index (χ3v) is 4.02. The molecule has 17 heavy (non-hydrogen) atoms. The van der Waals surface area contributed by atoms with Crippen LogP contribution >= 0.6 is 11.3 Å². The monoisotopic (exact) mass is 255 g/mol. The van der Waals surface area contributed by atoms with E-state index < -0.39 is 6.04 Å². The zero-order valence-electron chi connectivity index (χ0n) is 10.6. The summed E-state index contributed by atoms with van der Waals surface area (Å²) in [4.78, 5) is 16.0. The summed E-state index contributed by atoms with van der Waals surface area (Å²) >= 11 is 1.61. The highest BCUT2D eigenvalue weighted by atomic mass is 32.1. The summed E-state index contributed by atoms with van der Waals surface area (Å²) in [5.74, 6) is 0.385. The fraction of sp³-hybridized carbons (Fsp3) is 0.667. The molecule has 1 aromatic rings. The van der Waals surface area contributed by atoms with Crippen molar-refractivity contribution in [2.45, 2.75) is 39.2 Å². The molecule has 4 nitrogen and oxygen atoms in total. The third kappa shape index (κ3) is 4.09. The molecule has 0 saturated carbocycles. The fourth-order valence-electron chi connectivity index (χ4n) is 1.45. The molecule has 1 heterocycles. The van der Waals surface area contributed by atoms with E-state index in [9.17, 15) is 4.79 Å². The van der Waals surface area contributed by atoms with Gasteiger partial charge in [-0.3, -0.25) is 4.79 Å². The lowest BCUT2D eigenvalue weighted by molar-refractivity contribution is -0.123. The van der Waals surface area contributed by atoms with Gasteiger partial charge in [-0.1, -0.05) is 27.2 Å². The standard InChI is InChI=1S/C12H21N3OS/c1-4-8(2)10(13)11(16)15-7-9(3)12-14-5-6-17-12/h5-6,8-10H,4,7,13H2,1-3H3,(H,15,16)/t8-,9?,10-/m0/s1. The summed E-state index contributed by atoms with van der Waals surface area (Å²) in [6.07, 6.45) is 2.69. The molecule has 1 rings (SSSR count). The minimum Gasteiger partial charge on any atom is -0.354 e. The molecular formula is C12H21N3OS. The predicted molar refractivity (Wildman–Crippen MR) is 71.0 cm³/mol. The normalized spacial score (nSPS) is 16.2. The second kappa shape index (κ2) is 6.71. The van der Waals surface area contributed by atoms with E-state index in [-0.39, 0.29) is 17.7 Å². The van der Waals surface area contributed by atoms with Gasteiger partial charge in [0.1, 0.15) is 0 Å². The highest BCUT2D eigenvalue weighted by Gasteiger charge is 2.20. The SMILES string of the molecule is CC[C@H](C)[C@H](N)C(=O)NCC(C)c1nccs1. The first-order chi connectivity index (χ1) is 8.06. The highest BCUT2D eigenvalue weighted by molar-refractivity contribution is 7.09. The minimum absolute atomic E-state index is 0.0669. The molecule has 0 saturated heterocycles. The Labute approximate surface area is 107 Å². The molecule has 1 aromatic heterocycles. The van der Waals surface area contributed by atoms with Gasteiger partial charge in [0.15, 0.2) is 0 Å². The number of nitrogens with zero attached hydrogens (tertiary/aromatic N) is 1. The summed E-state index contributed by atoms with van der Waals surface area (Å²) in [5.41, 5.74) is 5.85. The predicted octanol–water partition coefficient (Wildman–Crippen LogP) is 1.74. The van der Waals surface area contributed by atoms with Gasteiger partial charge < -0.3 is 11.1 Å².